The fourth-order valence-corrected chi connectivity index (χ4v) is 1.51. The first kappa shape index (κ1) is 15.9. The number of nitrogens with two attached hydrogens (primary N) is 1. The fraction of sp³-hybridized carbons (Fsp3) is 0.462. The monoisotopic (exact) mass is 256 g/mol. The van der Waals surface area contributed by atoms with Gasteiger partial charge in [-0.3, -0.25) is 4.79 Å². The van der Waals surface area contributed by atoms with Gasteiger partial charge in [0.2, 0.25) is 5.91 Å². The first-order valence-electron chi connectivity index (χ1n) is 5.69. The molecule has 96 valence electrons. The van der Waals surface area contributed by atoms with Crippen molar-refractivity contribution in [1.29, 1.82) is 0 Å². The summed E-state index contributed by atoms with van der Waals surface area (Å²) in [4.78, 5) is 11.5. The van der Waals surface area contributed by atoms with Crippen LogP contribution in [0.2, 0.25) is 0 Å². The molecule has 0 aliphatic rings. The number of rotatable bonds is 5. The third kappa shape index (κ3) is 5.71. The van der Waals surface area contributed by atoms with Crippen LogP contribution >= 0.6 is 12.4 Å². The van der Waals surface area contributed by atoms with Crippen LogP contribution in [0.3, 0.4) is 0 Å². The molecular formula is C13H21ClN2O. The van der Waals surface area contributed by atoms with Crippen LogP contribution in [-0.2, 0) is 4.79 Å². The Labute approximate surface area is 109 Å². The van der Waals surface area contributed by atoms with E-state index in [1.165, 1.54) is 5.56 Å². The van der Waals surface area contributed by atoms with Crippen LogP contribution in [0.15, 0.2) is 24.3 Å². The average molecular weight is 257 g/mol. The van der Waals surface area contributed by atoms with Crippen molar-refractivity contribution in [3.63, 3.8) is 0 Å². The largest absolute Gasteiger partial charge is 0.350 e. The Kier molecular flexibility index (Phi) is 7.59. The summed E-state index contributed by atoms with van der Waals surface area (Å²) in [5, 5.41) is 2.96. The van der Waals surface area contributed by atoms with Crippen LogP contribution in [0.5, 0.6) is 0 Å². The number of amides is 1. The first-order valence-corrected chi connectivity index (χ1v) is 5.69. The standard InChI is InChI=1S/C13H20N2O.ClH/c1-10-5-7-12(8-6-10)11(2)15-13(16)4-3-9-14;/h5-8,11H,3-4,9,14H2,1-2H3,(H,15,16);1H. The van der Waals surface area contributed by atoms with Crippen molar-refractivity contribution in [3.8, 4) is 0 Å². The van der Waals surface area contributed by atoms with Crippen molar-refractivity contribution in [2.24, 2.45) is 5.73 Å². The van der Waals surface area contributed by atoms with E-state index in [0.717, 1.165) is 12.0 Å². The Morgan fingerprint density at radius 3 is 2.47 bits per heavy atom. The Balaban J connectivity index is 0.00000256. The molecule has 17 heavy (non-hydrogen) atoms. The molecule has 0 spiro atoms. The maximum Gasteiger partial charge on any atom is 0.220 e. The molecule has 1 rings (SSSR count). The second-order valence-corrected chi connectivity index (χ2v) is 4.09. The quantitative estimate of drug-likeness (QED) is 0.850. The zero-order chi connectivity index (χ0) is 12.0. The lowest BCUT2D eigenvalue weighted by Gasteiger charge is -2.14. The van der Waals surface area contributed by atoms with Crippen LogP contribution in [-0.4, -0.2) is 12.5 Å². The predicted molar refractivity (Wildman–Crippen MR) is 73.3 cm³/mol. The summed E-state index contributed by atoms with van der Waals surface area (Å²) in [6, 6.07) is 8.26. The van der Waals surface area contributed by atoms with Crippen molar-refractivity contribution >= 4 is 18.3 Å². The molecule has 0 aliphatic carbocycles. The highest BCUT2D eigenvalue weighted by atomic mass is 35.5. The van der Waals surface area contributed by atoms with E-state index in [1.807, 2.05) is 26.0 Å². The molecule has 1 amide bonds. The van der Waals surface area contributed by atoms with E-state index in [-0.39, 0.29) is 24.4 Å². The van der Waals surface area contributed by atoms with Gasteiger partial charge >= 0.3 is 0 Å². The smallest absolute Gasteiger partial charge is 0.220 e. The van der Waals surface area contributed by atoms with E-state index >= 15 is 0 Å². The number of nitrogens with one attached hydrogen (secondary N) is 1. The van der Waals surface area contributed by atoms with Gasteiger partial charge in [0.25, 0.3) is 0 Å². The highest BCUT2D eigenvalue weighted by molar-refractivity contribution is 5.85. The Morgan fingerprint density at radius 1 is 1.35 bits per heavy atom. The van der Waals surface area contributed by atoms with E-state index in [4.69, 9.17) is 5.73 Å². The van der Waals surface area contributed by atoms with Gasteiger partial charge in [0.15, 0.2) is 0 Å². The number of aryl methyl sites for hydroxylation is 1. The predicted octanol–water partition coefficient (Wildman–Crippen LogP) is 2.33. The summed E-state index contributed by atoms with van der Waals surface area (Å²) in [5.74, 6) is 0.0681. The topological polar surface area (TPSA) is 55.1 Å². The second-order valence-electron chi connectivity index (χ2n) is 4.09. The van der Waals surface area contributed by atoms with Crippen LogP contribution < -0.4 is 11.1 Å². The van der Waals surface area contributed by atoms with E-state index in [9.17, 15) is 4.79 Å². The van der Waals surface area contributed by atoms with Crippen molar-refractivity contribution in [1.82, 2.24) is 5.32 Å². The molecule has 0 aromatic heterocycles. The molecule has 0 saturated carbocycles. The molecular weight excluding hydrogens is 236 g/mol. The van der Waals surface area contributed by atoms with Crippen LogP contribution in [0.25, 0.3) is 0 Å². The molecule has 0 radical (unpaired) electrons. The van der Waals surface area contributed by atoms with Gasteiger partial charge in [-0.15, -0.1) is 12.4 Å². The van der Waals surface area contributed by atoms with Gasteiger partial charge < -0.3 is 11.1 Å². The van der Waals surface area contributed by atoms with Crippen molar-refractivity contribution in [2.75, 3.05) is 6.54 Å². The zero-order valence-corrected chi connectivity index (χ0v) is 11.2. The van der Waals surface area contributed by atoms with E-state index in [0.29, 0.717) is 13.0 Å². The molecule has 1 unspecified atom stereocenters. The Morgan fingerprint density at radius 2 is 1.94 bits per heavy atom. The van der Waals surface area contributed by atoms with E-state index in [2.05, 4.69) is 17.4 Å². The first-order chi connectivity index (χ1) is 7.63. The number of benzene rings is 1. The minimum atomic E-state index is 0. The maximum atomic E-state index is 11.5. The van der Waals surface area contributed by atoms with E-state index in [1.54, 1.807) is 0 Å². The van der Waals surface area contributed by atoms with Gasteiger partial charge in [-0.2, -0.15) is 0 Å². The van der Waals surface area contributed by atoms with Gasteiger partial charge in [-0.05, 0) is 32.4 Å². The number of halogens is 1. The van der Waals surface area contributed by atoms with Crippen LogP contribution in [0, 0.1) is 6.92 Å². The van der Waals surface area contributed by atoms with Crippen molar-refractivity contribution in [2.45, 2.75) is 32.7 Å². The SMILES string of the molecule is Cc1ccc(C(C)NC(=O)CCCN)cc1.Cl. The maximum absolute atomic E-state index is 11.5. The molecule has 1 aromatic carbocycles. The highest BCUT2D eigenvalue weighted by Gasteiger charge is 2.08. The second kappa shape index (κ2) is 8.09. The zero-order valence-electron chi connectivity index (χ0n) is 10.4. The minimum absolute atomic E-state index is 0. The number of carbonyl (C=O) groups is 1. The molecule has 0 fully saturated rings. The lowest BCUT2D eigenvalue weighted by molar-refractivity contribution is -0.121. The molecule has 4 heteroatoms. The summed E-state index contributed by atoms with van der Waals surface area (Å²) in [6.45, 7) is 4.60. The third-order valence-corrected chi connectivity index (χ3v) is 2.56. The average Bonchev–Trinajstić information content (AvgIpc) is 2.27. The molecule has 3 N–H and O–H groups in total. The third-order valence-electron chi connectivity index (χ3n) is 2.56. The number of hydrogen-bond donors (Lipinski definition) is 2. The van der Waals surface area contributed by atoms with Gasteiger partial charge in [-0.1, -0.05) is 29.8 Å². The molecule has 0 aliphatic heterocycles. The molecule has 0 heterocycles. The van der Waals surface area contributed by atoms with Crippen LogP contribution in [0.1, 0.15) is 36.9 Å². The summed E-state index contributed by atoms with van der Waals surface area (Å²) in [7, 11) is 0. The molecule has 0 saturated heterocycles. The normalized spacial score (nSPS) is 11.5. The summed E-state index contributed by atoms with van der Waals surface area (Å²) < 4.78 is 0. The van der Waals surface area contributed by atoms with Crippen LogP contribution in [0.4, 0.5) is 0 Å². The molecule has 3 nitrogen and oxygen atoms in total. The molecule has 1 atom stereocenters. The number of carbonyl (C=O) groups excluding carboxylic acids is 1. The minimum Gasteiger partial charge on any atom is -0.350 e. The molecule has 0 bridgehead atoms. The van der Waals surface area contributed by atoms with Gasteiger partial charge in [0.05, 0.1) is 6.04 Å². The fourth-order valence-electron chi connectivity index (χ4n) is 1.51. The Hall–Kier alpha value is -1.06. The van der Waals surface area contributed by atoms with Crippen molar-refractivity contribution in [3.05, 3.63) is 35.4 Å². The summed E-state index contributed by atoms with van der Waals surface area (Å²) in [5.41, 5.74) is 7.71. The lowest BCUT2D eigenvalue weighted by Crippen LogP contribution is -2.26. The van der Waals surface area contributed by atoms with Crippen molar-refractivity contribution < 1.29 is 4.79 Å². The summed E-state index contributed by atoms with van der Waals surface area (Å²) in [6.07, 6.45) is 1.25. The number of hydrogen-bond acceptors (Lipinski definition) is 2. The summed E-state index contributed by atoms with van der Waals surface area (Å²) >= 11 is 0. The van der Waals surface area contributed by atoms with Gasteiger partial charge in [0.1, 0.15) is 0 Å². The van der Waals surface area contributed by atoms with E-state index < -0.39 is 0 Å². The lowest BCUT2D eigenvalue weighted by atomic mass is 10.1. The highest BCUT2D eigenvalue weighted by Crippen LogP contribution is 2.13. The van der Waals surface area contributed by atoms with Gasteiger partial charge in [0, 0.05) is 6.42 Å². The molecule has 1 aromatic rings. The Bertz CT molecular complexity index is 338. The van der Waals surface area contributed by atoms with Gasteiger partial charge in [-0.25, -0.2) is 0 Å².